The van der Waals surface area contributed by atoms with E-state index in [1.165, 1.54) is 0 Å². The normalized spacial score (nSPS) is 10.3. The second-order valence-electron chi connectivity index (χ2n) is 4.03. The number of allylic oxidation sites excluding steroid dienone is 1. The van der Waals surface area contributed by atoms with Crippen LogP contribution in [0.2, 0.25) is 0 Å². The van der Waals surface area contributed by atoms with Gasteiger partial charge in [0.15, 0.2) is 5.13 Å². The summed E-state index contributed by atoms with van der Waals surface area (Å²) in [7, 11) is 1.65. The zero-order valence-corrected chi connectivity index (χ0v) is 11.8. The van der Waals surface area contributed by atoms with Crippen LogP contribution in [0.15, 0.2) is 17.7 Å². The lowest BCUT2D eigenvalue weighted by Crippen LogP contribution is -2.24. The van der Waals surface area contributed by atoms with Gasteiger partial charge in [-0.1, -0.05) is 20.4 Å². The van der Waals surface area contributed by atoms with Crippen LogP contribution in [0.25, 0.3) is 0 Å². The number of thiazole rings is 1. The Morgan fingerprint density at radius 2 is 2.06 bits per heavy atom. The zero-order chi connectivity index (χ0) is 12.7. The Labute approximate surface area is 108 Å². The van der Waals surface area contributed by atoms with Crippen molar-refractivity contribution in [1.82, 2.24) is 4.98 Å². The Kier molecular flexibility index (Phi) is 6.05. The predicted molar refractivity (Wildman–Crippen MR) is 74.8 cm³/mol. The number of aromatic nitrogens is 1. The molecule has 0 unspecified atom stereocenters. The van der Waals surface area contributed by atoms with Gasteiger partial charge in [0, 0.05) is 24.9 Å². The van der Waals surface area contributed by atoms with Gasteiger partial charge in [-0.25, -0.2) is 4.98 Å². The minimum Gasteiger partial charge on any atom is -0.501 e. The summed E-state index contributed by atoms with van der Waals surface area (Å²) in [5.74, 6) is 0.763. The Balaban J connectivity index is 2.66. The minimum atomic E-state index is 0.707. The number of ether oxygens (including phenoxy) is 1. The van der Waals surface area contributed by atoms with E-state index in [0.29, 0.717) is 6.42 Å². The monoisotopic (exact) mass is 254 g/mol. The van der Waals surface area contributed by atoms with E-state index in [1.54, 1.807) is 18.4 Å². The first-order valence-electron chi connectivity index (χ1n) is 6.12. The third-order valence-electron chi connectivity index (χ3n) is 2.46. The van der Waals surface area contributed by atoms with Crippen molar-refractivity contribution in [1.29, 1.82) is 0 Å². The molecule has 0 atom stereocenters. The summed E-state index contributed by atoms with van der Waals surface area (Å²) in [6.45, 7) is 10.4. The van der Waals surface area contributed by atoms with Crippen LogP contribution >= 0.6 is 11.3 Å². The molecule has 0 fully saturated rings. The van der Waals surface area contributed by atoms with Crippen LogP contribution in [0, 0.1) is 0 Å². The average molecular weight is 254 g/mol. The summed E-state index contributed by atoms with van der Waals surface area (Å²) in [6, 6.07) is 0. The number of anilines is 1. The number of nitrogens with zero attached hydrogens (tertiary/aromatic N) is 2. The molecule has 0 saturated carbocycles. The second kappa shape index (κ2) is 7.33. The van der Waals surface area contributed by atoms with Crippen molar-refractivity contribution in [2.45, 2.75) is 33.1 Å². The van der Waals surface area contributed by atoms with Crippen LogP contribution in [0.5, 0.6) is 0 Å². The van der Waals surface area contributed by atoms with Gasteiger partial charge in [-0.05, 0) is 12.8 Å². The summed E-state index contributed by atoms with van der Waals surface area (Å²) < 4.78 is 5.08. The van der Waals surface area contributed by atoms with E-state index in [1.807, 2.05) is 0 Å². The Morgan fingerprint density at radius 1 is 1.41 bits per heavy atom. The fourth-order valence-electron chi connectivity index (χ4n) is 1.64. The van der Waals surface area contributed by atoms with Crippen molar-refractivity contribution in [3.63, 3.8) is 0 Å². The molecule has 0 N–H and O–H groups in total. The summed E-state index contributed by atoms with van der Waals surface area (Å²) in [6.07, 6.45) is 3.01. The quantitative estimate of drug-likeness (QED) is 0.664. The Hall–Kier alpha value is -1.03. The maximum atomic E-state index is 5.08. The molecule has 0 bridgehead atoms. The van der Waals surface area contributed by atoms with Gasteiger partial charge in [0.2, 0.25) is 0 Å². The second-order valence-corrected chi connectivity index (χ2v) is 4.86. The Morgan fingerprint density at radius 3 is 2.59 bits per heavy atom. The molecule has 3 nitrogen and oxygen atoms in total. The van der Waals surface area contributed by atoms with E-state index >= 15 is 0 Å². The van der Waals surface area contributed by atoms with Gasteiger partial charge in [-0.2, -0.15) is 0 Å². The molecule has 1 aromatic rings. The SMILES string of the molecule is C=C(Cc1csc(N(CCC)CCC)n1)OC. The molecule has 0 saturated heterocycles. The fourth-order valence-corrected chi connectivity index (χ4v) is 2.52. The van der Waals surface area contributed by atoms with Crippen molar-refractivity contribution in [3.05, 3.63) is 23.4 Å². The third kappa shape index (κ3) is 4.38. The molecular formula is C13H22N2OS. The Bertz CT molecular complexity index is 343. The highest BCUT2D eigenvalue weighted by Gasteiger charge is 2.10. The van der Waals surface area contributed by atoms with Gasteiger partial charge in [0.25, 0.3) is 0 Å². The summed E-state index contributed by atoms with van der Waals surface area (Å²) in [5, 5.41) is 3.21. The highest BCUT2D eigenvalue weighted by molar-refractivity contribution is 7.13. The van der Waals surface area contributed by atoms with Crippen LogP contribution in [0.3, 0.4) is 0 Å². The predicted octanol–water partition coefficient (Wildman–Crippen LogP) is 3.47. The van der Waals surface area contributed by atoms with E-state index in [2.05, 4.69) is 35.7 Å². The fraction of sp³-hybridized carbons (Fsp3) is 0.615. The molecular weight excluding hydrogens is 232 g/mol. The molecule has 0 aliphatic rings. The van der Waals surface area contributed by atoms with Gasteiger partial charge in [0.1, 0.15) is 0 Å². The van der Waals surface area contributed by atoms with E-state index in [-0.39, 0.29) is 0 Å². The lowest BCUT2D eigenvalue weighted by Gasteiger charge is -2.19. The molecule has 17 heavy (non-hydrogen) atoms. The highest BCUT2D eigenvalue weighted by Crippen LogP contribution is 2.22. The maximum absolute atomic E-state index is 5.08. The molecule has 0 amide bonds. The van der Waals surface area contributed by atoms with Crippen molar-refractivity contribution >= 4 is 16.5 Å². The van der Waals surface area contributed by atoms with Gasteiger partial charge in [-0.3, -0.25) is 0 Å². The van der Waals surface area contributed by atoms with E-state index < -0.39 is 0 Å². The molecule has 1 aromatic heterocycles. The molecule has 0 radical (unpaired) electrons. The summed E-state index contributed by atoms with van der Waals surface area (Å²) in [5.41, 5.74) is 1.05. The topological polar surface area (TPSA) is 25.4 Å². The molecule has 1 heterocycles. The minimum absolute atomic E-state index is 0.707. The summed E-state index contributed by atoms with van der Waals surface area (Å²) >= 11 is 1.71. The first-order chi connectivity index (χ1) is 8.21. The van der Waals surface area contributed by atoms with Crippen LogP contribution in [-0.2, 0) is 11.2 Å². The number of rotatable bonds is 8. The molecule has 0 aliphatic heterocycles. The van der Waals surface area contributed by atoms with E-state index in [9.17, 15) is 0 Å². The number of methoxy groups -OCH3 is 1. The lowest BCUT2D eigenvalue weighted by atomic mass is 10.3. The van der Waals surface area contributed by atoms with Crippen LogP contribution in [-0.4, -0.2) is 25.2 Å². The van der Waals surface area contributed by atoms with Crippen molar-refractivity contribution in [2.24, 2.45) is 0 Å². The molecule has 0 spiro atoms. The first-order valence-corrected chi connectivity index (χ1v) is 7.00. The third-order valence-corrected chi connectivity index (χ3v) is 3.41. The van der Waals surface area contributed by atoms with Crippen LogP contribution in [0.4, 0.5) is 5.13 Å². The van der Waals surface area contributed by atoms with Gasteiger partial charge < -0.3 is 9.64 Å². The summed E-state index contributed by atoms with van der Waals surface area (Å²) in [4.78, 5) is 6.99. The smallest absolute Gasteiger partial charge is 0.185 e. The standard InChI is InChI=1S/C13H22N2OS/c1-5-7-15(8-6-2)13-14-12(10-17-13)9-11(3)16-4/h10H,3,5-9H2,1-2,4H3. The van der Waals surface area contributed by atoms with Gasteiger partial charge in [-0.15, -0.1) is 11.3 Å². The molecule has 96 valence electrons. The van der Waals surface area contributed by atoms with Crippen molar-refractivity contribution in [2.75, 3.05) is 25.1 Å². The van der Waals surface area contributed by atoms with Gasteiger partial charge in [0.05, 0.1) is 18.6 Å². The van der Waals surface area contributed by atoms with E-state index in [0.717, 1.165) is 42.5 Å². The first kappa shape index (κ1) is 14.0. The molecule has 0 aliphatic carbocycles. The number of hydrogen-bond donors (Lipinski definition) is 0. The van der Waals surface area contributed by atoms with Gasteiger partial charge >= 0.3 is 0 Å². The molecule has 0 aromatic carbocycles. The molecule has 4 heteroatoms. The average Bonchev–Trinajstić information content (AvgIpc) is 2.77. The van der Waals surface area contributed by atoms with Crippen molar-refractivity contribution < 1.29 is 4.74 Å². The van der Waals surface area contributed by atoms with E-state index in [4.69, 9.17) is 4.74 Å². The maximum Gasteiger partial charge on any atom is 0.185 e. The van der Waals surface area contributed by atoms with Crippen LogP contribution in [0.1, 0.15) is 32.4 Å². The van der Waals surface area contributed by atoms with Crippen LogP contribution < -0.4 is 4.90 Å². The molecule has 1 rings (SSSR count). The highest BCUT2D eigenvalue weighted by atomic mass is 32.1. The zero-order valence-electron chi connectivity index (χ0n) is 11.0. The lowest BCUT2D eigenvalue weighted by molar-refractivity contribution is 0.284. The van der Waals surface area contributed by atoms with Crippen molar-refractivity contribution in [3.8, 4) is 0 Å². The number of hydrogen-bond acceptors (Lipinski definition) is 4. The largest absolute Gasteiger partial charge is 0.501 e.